The number of nitrogens with one attached hydrogen (secondary N) is 2. The summed E-state index contributed by atoms with van der Waals surface area (Å²) in [4.78, 5) is 0. The minimum atomic E-state index is 0.419. The van der Waals surface area contributed by atoms with Crippen LogP contribution in [0.4, 0.5) is 0 Å². The molecule has 0 aromatic rings. The molecule has 1 unspecified atom stereocenters. The smallest absolute Gasteiger partial charge is 0.0635 e. The van der Waals surface area contributed by atoms with E-state index in [1.807, 2.05) is 0 Å². The Morgan fingerprint density at radius 2 is 1.80 bits per heavy atom. The predicted molar refractivity (Wildman–Crippen MR) is 60.0 cm³/mol. The van der Waals surface area contributed by atoms with E-state index in [0.717, 1.165) is 32.5 Å². The first-order valence-corrected chi connectivity index (χ1v) is 5.53. The largest absolute Gasteiger partial charge is 0.314 e. The van der Waals surface area contributed by atoms with Gasteiger partial charge >= 0.3 is 0 Å². The van der Waals surface area contributed by atoms with E-state index in [4.69, 9.17) is 10.5 Å². The van der Waals surface area contributed by atoms with Gasteiger partial charge in [-0.3, -0.25) is 0 Å². The molecule has 84 valence electrons. The molecule has 0 saturated carbocycles. The van der Waals surface area contributed by atoms with Gasteiger partial charge in [0.15, 0.2) is 0 Å². The average Bonchev–Trinajstić information content (AvgIpc) is 2.24. The fourth-order valence-corrected chi connectivity index (χ4v) is 1.38. The van der Waals surface area contributed by atoms with E-state index >= 15 is 0 Å². The van der Waals surface area contributed by atoms with Gasteiger partial charge in [0.1, 0.15) is 0 Å². The summed E-state index contributed by atoms with van der Waals surface area (Å²) in [5.41, 5.74) is 0. The second-order valence-electron chi connectivity index (χ2n) is 3.46. The molecular formula is C11H20N4. The molecule has 0 rings (SSSR count). The van der Waals surface area contributed by atoms with Crippen molar-refractivity contribution in [3.8, 4) is 12.1 Å². The molecule has 0 radical (unpaired) electrons. The third-order valence-electron chi connectivity index (χ3n) is 2.11. The highest BCUT2D eigenvalue weighted by atomic mass is 15.0. The lowest BCUT2D eigenvalue weighted by Gasteiger charge is -2.17. The second kappa shape index (κ2) is 11.0. The minimum Gasteiger partial charge on any atom is -0.314 e. The molecule has 0 aromatic heterocycles. The molecule has 0 amide bonds. The summed E-state index contributed by atoms with van der Waals surface area (Å²) in [6, 6.07) is 4.63. The maximum atomic E-state index is 8.41. The normalized spacial score (nSPS) is 11.7. The first-order valence-electron chi connectivity index (χ1n) is 5.53. The molecule has 0 aromatic carbocycles. The fourth-order valence-electron chi connectivity index (χ4n) is 1.38. The van der Waals surface area contributed by atoms with Crippen molar-refractivity contribution in [2.75, 3.05) is 19.6 Å². The van der Waals surface area contributed by atoms with Crippen molar-refractivity contribution in [1.82, 2.24) is 10.6 Å². The van der Waals surface area contributed by atoms with Crippen LogP contribution in [0.25, 0.3) is 0 Å². The molecule has 2 N–H and O–H groups in total. The van der Waals surface area contributed by atoms with Gasteiger partial charge in [-0.1, -0.05) is 13.3 Å². The van der Waals surface area contributed by atoms with Crippen molar-refractivity contribution >= 4 is 0 Å². The van der Waals surface area contributed by atoms with Crippen molar-refractivity contribution in [2.24, 2.45) is 0 Å². The van der Waals surface area contributed by atoms with Crippen molar-refractivity contribution in [1.29, 1.82) is 10.5 Å². The summed E-state index contributed by atoms with van der Waals surface area (Å²) in [7, 11) is 0. The summed E-state index contributed by atoms with van der Waals surface area (Å²) in [6.07, 6.45) is 3.34. The van der Waals surface area contributed by atoms with Crippen LogP contribution < -0.4 is 10.6 Å². The van der Waals surface area contributed by atoms with Gasteiger partial charge in [0.2, 0.25) is 0 Å². The first kappa shape index (κ1) is 13.9. The number of nitriles is 2. The number of hydrogen-bond acceptors (Lipinski definition) is 4. The van der Waals surface area contributed by atoms with Gasteiger partial charge in [0.05, 0.1) is 12.1 Å². The van der Waals surface area contributed by atoms with Crippen molar-refractivity contribution < 1.29 is 0 Å². The first-order chi connectivity index (χ1) is 7.35. The molecule has 0 aliphatic rings. The summed E-state index contributed by atoms with van der Waals surface area (Å²) in [5, 5.41) is 23.3. The topological polar surface area (TPSA) is 71.6 Å². The SMILES string of the molecule is CCCC(CNCCC#N)NCCC#N. The zero-order valence-electron chi connectivity index (χ0n) is 9.42. The Kier molecular flexibility index (Phi) is 10.2. The van der Waals surface area contributed by atoms with Crippen LogP contribution in [0, 0.1) is 22.7 Å². The standard InChI is InChI=1S/C11H20N4/c1-2-5-11(15-9-4-7-13)10-14-8-3-6-12/h11,14-15H,2-5,8-10H2,1H3. The van der Waals surface area contributed by atoms with Gasteiger partial charge in [0, 0.05) is 38.5 Å². The van der Waals surface area contributed by atoms with Crippen molar-refractivity contribution in [2.45, 2.75) is 38.6 Å². The summed E-state index contributed by atoms with van der Waals surface area (Å²) in [6.45, 7) is 4.52. The lowest BCUT2D eigenvalue weighted by molar-refractivity contribution is 0.451. The molecular weight excluding hydrogens is 188 g/mol. The van der Waals surface area contributed by atoms with Gasteiger partial charge in [-0.2, -0.15) is 10.5 Å². The van der Waals surface area contributed by atoms with Crippen LogP contribution in [0.2, 0.25) is 0 Å². The van der Waals surface area contributed by atoms with Crippen molar-refractivity contribution in [3.63, 3.8) is 0 Å². The van der Waals surface area contributed by atoms with Crippen LogP contribution >= 0.6 is 0 Å². The molecule has 0 heterocycles. The van der Waals surface area contributed by atoms with Crippen LogP contribution in [-0.4, -0.2) is 25.7 Å². The Bertz CT molecular complexity index is 214. The molecule has 0 saturated heterocycles. The van der Waals surface area contributed by atoms with E-state index in [9.17, 15) is 0 Å². The molecule has 0 spiro atoms. The lowest BCUT2D eigenvalue weighted by atomic mass is 10.1. The second-order valence-corrected chi connectivity index (χ2v) is 3.46. The quantitative estimate of drug-likeness (QED) is 0.558. The molecule has 15 heavy (non-hydrogen) atoms. The molecule has 0 bridgehead atoms. The molecule has 4 nitrogen and oxygen atoms in total. The summed E-state index contributed by atoms with van der Waals surface area (Å²) >= 11 is 0. The van der Waals surface area contributed by atoms with Crippen LogP contribution in [0.1, 0.15) is 32.6 Å². The van der Waals surface area contributed by atoms with E-state index in [2.05, 4.69) is 29.7 Å². The van der Waals surface area contributed by atoms with E-state index in [0.29, 0.717) is 18.9 Å². The van der Waals surface area contributed by atoms with Crippen LogP contribution in [0.5, 0.6) is 0 Å². The predicted octanol–water partition coefficient (Wildman–Crippen LogP) is 1.16. The fraction of sp³-hybridized carbons (Fsp3) is 0.818. The maximum absolute atomic E-state index is 8.41. The molecule has 1 atom stereocenters. The van der Waals surface area contributed by atoms with Crippen LogP contribution in [-0.2, 0) is 0 Å². The van der Waals surface area contributed by atoms with Crippen LogP contribution in [0.3, 0.4) is 0 Å². The third kappa shape index (κ3) is 9.21. The molecule has 0 fully saturated rings. The molecule has 0 aliphatic carbocycles. The Balaban J connectivity index is 3.55. The van der Waals surface area contributed by atoms with Crippen LogP contribution in [0.15, 0.2) is 0 Å². The average molecular weight is 208 g/mol. The van der Waals surface area contributed by atoms with Crippen molar-refractivity contribution in [3.05, 3.63) is 0 Å². The zero-order valence-corrected chi connectivity index (χ0v) is 9.42. The number of hydrogen-bond donors (Lipinski definition) is 2. The highest BCUT2D eigenvalue weighted by Gasteiger charge is 2.05. The summed E-state index contributed by atoms with van der Waals surface area (Å²) in [5.74, 6) is 0. The maximum Gasteiger partial charge on any atom is 0.0635 e. The Labute approximate surface area is 92.3 Å². The van der Waals surface area contributed by atoms with E-state index < -0.39 is 0 Å². The van der Waals surface area contributed by atoms with E-state index in [-0.39, 0.29) is 0 Å². The number of nitrogens with zero attached hydrogens (tertiary/aromatic N) is 2. The third-order valence-corrected chi connectivity index (χ3v) is 2.11. The molecule has 0 aliphatic heterocycles. The Morgan fingerprint density at radius 3 is 2.40 bits per heavy atom. The Hall–Kier alpha value is -1.10. The van der Waals surface area contributed by atoms with Gasteiger partial charge < -0.3 is 10.6 Å². The van der Waals surface area contributed by atoms with E-state index in [1.165, 1.54) is 0 Å². The number of rotatable bonds is 9. The monoisotopic (exact) mass is 208 g/mol. The van der Waals surface area contributed by atoms with Gasteiger partial charge in [-0.25, -0.2) is 0 Å². The Morgan fingerprint density at radius 1 is 1.13 bits per heavy atom. The zero-order chi connectivity index (χ0) is 11.4. The lowest BCUT2D eigenvalue weighted by Crippen LogP contribution is -2.39. The van der Waals surface area contributed by atoms with Gasteiger partial charge in [-0.15, -0.1) is 0 Å². The highest BCUT2D eigenvalue weighted by Crippen LogP contribution is 1.95. The van der Waals surface area contributed by atoms with Gasteiger partial charge in [0.25, 0.3) is 0 Å². The molecule has 4 heteroatoms. The van der Waals surface area contributed by atoms with Gasteiger partial charge in [-0.05, 0) is 6.42 Å². The highest BCUT2D eigenvalue weighted by molar-refractivity contribution is 4.76. The summed E-state index contributed by atoms with van der Waals surface area (Å²) < 4.78 is 0. The van der Waals surface area contributed by atoms with E-state index in [1.54, 1.807) is 0 Å². The minimum absolute atomic E-state index is 0.419.